The number of aryl methyl sites for hydroxylation is 1. The Labute approximate surface area is 92.6 Å². The second-order valence-corrected chi connectivity index (χ2v) is 3.49. The van der Waals surface area contributed by atoms with Gasteiger partial charge >= 0.3 is 5.97 Å². The number of hydrogen-bond donors (Lipinski definition) is 2. The molecular formula is C10H14N2O4. The van der Waals surface area contributed by atoms with Gasteiger partial charge in [0.15, 0.2) is 0 Å². The lowest BCUT2D eigenvalue weighted by Gasteiger charge is -2.09. The zero-order valence-electron chi connectivity index (χ0n) is 9.19. The van der Waals surface area contributed by atoms with Crippen LogP contribution in [0.5, 0.6) is 0 Å². The average molecular weight is 226 g/mol. The molecule has 0 fully saturated rings. The van der Waals surface area contributed by atoms with Gasteiger partial charge in [-0.15, -0.1) is 0 Å². The first-order chi connectivity index (χ1) is 7.54. The highest BCUT2D eigenvalue weighted by Crippen LogP contribution is 2.04. The van der Waals surface area contributed by atoms with Gasteiger partial charge in [-0.1, -0.05) is 12.1 Å². The summed E-state index contributed by atoms with van der Waals surface area (Å²) in [6.45, 7) is 3.54. The van der Waals surface area contributed by atoms with Gasteiger partial charge < -0.3 is 14.9 Å². The zero-order chi connectivity index (χ0) is 12.1. The summed E-state index contributed by atoms with van der Waals surface area (Å²) in [6, 6.07) is 1.50. The lowest BCUT2D eigenvalue weighted by Crippen LogP contribution is -2.32. The maximum Gasteiger partial charge on any atom is 0.308 e. The van der Waals surface area contributed by atoms with Crippen molar-refractivity contribution in [2.45, 2.75) is 20.3 Å². The van der Waals surface area contributed by atoms with Crippen LogP contribution in [0.2, 0.25) is 0 Å². The summed E-state index contributed by atoms with van der Waals surface area (Å²) in [5.41, 5.74) is 0.607. The van der Waals surface area contributed by atoms with E-state index >= 15 is 0 Å². The second-order valence-electron chi connectivity index (χ2n) is 3.49. The lowest BCUT2D eigenvalue weighted by atomic mass is 10.1. The molecule has 0 saturated heterocycles. The summed E-state index contributed by atoms with van der Waals surface area (Å²) in [5.74, 6) is -1.84. The van der Waals surface area contributed by atoms with Crippen molar-refractivity contribution in [3.8, 4) is 0 Å². The van der Waals surface area contributed by atoms with Crippen LogP contribution < -0.4 is 5.32 Å². The molecule has 1 aromatic heterocycles. The van der Waals surface area contributed by atoms with E-state index < -0.39 is 17.8 Å². The highest BCUT2D eigenvalue weighted by Gasteiger charge is 2.18. The van der Waals surface area contributed by atoms with Crippen LogP contribution in [-0.4, -0.2) is 28.7 Å². The first-order valence-electron chi connectivity index (χ1n) is 4.99. The van der Waals surface area contributed by atoms with E-state index in [1.165, 1.54) is 6.07 Å². The number of rotatable bonds is 5. The summed E-state index contributed by atoms with van der Waals surface area (Å²) < 4.78 is 4.74. The predicted molar refractivity (Wildman–Crippen MR) is 55.0 cm³/mol. The fourth-order valence-corrected chi connectivity index (χ4v) is 1.18. The maximum absolute atomic E-state index is 11.5. The van der Waals surface area contributed by atoms with Crippen LogP contribution in [0, 0.1) is 12.8 Å². The monoisotopic (exact) mass is 226 g/mol. The molecule has 1 amide bonds. The van der Waals surface area contributed by atoms with Crippen LogP contribution in [0.3, 0.4) is 0 Å². The van der Waals surface area contributed by atoms with Crippen LogP contribution in [-0.2, 0) is 4.79 Å². The third-order valence-corrected chi connectivity index (χ3v) is 2.20. The number of carbonyl (C=O) groups excluding carboxylic acids is 1. The van der Waals surface area contributed by atoms with Crippen molar-refractivity contribution < 1.29 is 19.2 Å². The molecule has 1 heterocycles. The van der Waals surface area contributed by atoms with Gasteiger partial charge in [-0.05, 0) is 13.3 Å². The first-order valence-corrected chi connectivity index (χ1v) is 4.99. The third kappa shape index (κ3) is 3.08. The van der Waals surface area contributed by atoms with Crippen LogP contribution in [0.1, 0.15) is 29.6 Å². The molecule has 1 unspecified atom stereocenters. The van der Waals surface area contributed by atoms with Gasteiger partial charge in [-0.2, -0.15) is 0 Å². The Kier molecular flexibility index (Phi) is 4.04. The lowest BCUT2D eigenvalue weighted by molar-refractivity contribution is -0.141. The van der Waals surface area contributed by atoms with E-state index in [2.05, 4.69) is 10.5 Å². The fourth-order valence-electron chi connectivity index (χ4n) is 1.18. The summed E-state index contributed by atoms with van der Waals surface area (Å²) in [6.07, 6.45) is 0.463. The number of carboxylic acid groups (broad SMARTS) is 1. The SMILES string of the molecule is CCC(CNC(=O)c1cc(C)no1)C(=O)O. The van der Waals surface area contributed by atoms with Gasteiger partial charge in [0.25, 0.3) is 5.91 Å². The molecule has 88 valence electrons. The van der Waals surface area contributed by atoms with E-state index in [1.807, 2.05) is 0 Å². The molecule has 6 heteroatoms. The third-order valence-electron chi connectivity index (χ3n) is 2.20. The normalized spacial score (nSPS) is 12.1. The van der Waals surface area contributed by atoms with Gasteiger partial charge in [0.05, 0.1) is 11.6 Å². The minimum atomic E-state index is -0.920. The molecular weight excluding hydrogens is 212 g/mol. The van der Waals surface area contributed by atoms with E-state index in [4.69, 9.17) is 9.63 Å². The van der Waals surface area contributed by atoms with Gasteiger partial charge in [-0.25, -0.2) is 0 Å². The van der Waals surface area contributed by atoms with Crippen LogP contribution >= 0.6 is 0 Å². The molecule has 0 saturated carbocycles. The van der Waals surface area contributed by atoms with Crippen molar-refractivity contribution in [3.63, 3.8) is 0 Å². The zero-order valence-corrected chi connectivity index (χ0v) is 9.19. The molecule has 2 N–H and O–H groups in total. The summed E-state index contributed by atoms with van der Waals surface area (Å²) in [7, 11) is 0. The van der Waals surface area contributed by atoms with Crippen LogP contribution in [0.4, 0.5) is 0 Å². The van der Waals surface area contributed by atoms with Gasteiger partial charge in [0.1, 0.15) is 0 Å². The van der Waals surface area contributed by atoms with E-state index in [0.29, 0.717) is 12.1 Å². The Balaban J connectivity index is 2.49. The van der Waals surface area contributed by atoms with Gasteiger partial charge in [-0.3, -0.25) is 9.59 Å². The van der Waals surface area contributed by atoms with E-state index in [-0.39, 0.29) is 12.3 Å². The van der Waals surface area contributed by atoms with Crippen molar-refractivity contribution >= 4 is 11.9 Å². The molecule has 0 aliphatic heterocycles. The molecule has 0 aliphatic rings. The number of amides is 1. The summed E-state index contributed by atoms with van der Waals surface area (Å²) >= 11 is 0. The minimum Gasteiger partial charge on any atom is -0.481 e. The van der Waals surface area contributed by atoms with E-state index in [0.717, 1.165) is 0 Å². The summed E-state index contributed by atoms with van der Waals surface area (Å²) in [4.78, 5) is 22.2. The van der Waals surface area contributed by atoms with Crippen molar-refractivity contribution in [2.24, 2.45) is 5.92 Å². The Bertz CT molecular complexity index is 386. The van der Waals surface area contributed by atoms with Crippen molar-refractivity contribution in [1.82, 2.24) is 10.5 Å². The number of aliphatic carboxylic acids is 1. The fraction of sp³-hybridized carbons (Fsp3) is 0.500. The molecule has 0 bridgehead atoms. The van der Waals surface area contributed by atoms with Crippen LogP contribution in [0.25, 0.3) is 0 Å². The molecule has 1 rings (SSSR count). The Morgan fingerprint density at radius 2 is 2.31 bits per heavy atom. The molecule has 1 aromatic rings. The number of nitrogens with zero attached hydrogens (tertiary/aromatic N) is 1. The average Bonchev–Trinajstić information content (AvgIpc) is 2.65. The number of carboxylic acids is 1. The second kappa shape index (κ2) is 5.29. The van der Waals surface area contributed by atoms with Gasteiger partial charge in [0, 0.05) is 12.6 Å². The molecule has 0 radical (unpaired) electrons. The van der Waals surface area contributed by atoms with Crippen LogP contribution in [0.15, 0.2) is 10.6 Å². The van der Waals surface area contributed by atoms with Crippen molar-refractivity contribution in [2.75, 3.05) is 6.54 Å². The topological polar surface area (TPSA) is 92.4 Å². The largest absolute Gasteiger partial charge is 0.481 e. The Hall–Kier alpha value is -1.85. The molecule has 0 aliphatic carbocycles. The molecule has 1 atom stereocenters. The molecule has 0 spiro atoms. The number of carbonyl (C=O) groups is 2. The van der Waals surface area contributed by atoms with E-state index in [9.17, 15) is 9.59 Å². The first kappa shape index (κ1) is 12.2. The Morgan fingerprint density at radius 3 is 2.75 bits per heavy atom. The van der Waals surface area contributed by atoms with Crippen molar-refractivity contribution in [3.05, 3.63) is 17.5 Å². The minimum absolute atomic E-state index is 0.0877. The maximum atomic E-state index is 11.5. The highest BCUT2D eigenvalue weighted by atomic mass is 16.5. The predicted octanol–water partition coefficient (Wildman–Crippen LogP) is 0.824. The Morgan fingerprint density at radius 1 is 1.62 bits per heavy atom. The quantitative estimate of drug-likeness (QED) is 0.775. The number of nitrogens with one attached hydrogen (secondary N) is 1. The standard InChI is InChI=1S/C10H14N2O4/c1-3-7(10(14)15)5-11-9(13)8-4-6(2)12-16-8/h4,7H,3,5H2,1-2H3,(H,11,13)(H,14,15). The highest BCUT2D eigenvalue weighted by molar-refractivity contribution is 5.91. The molecule has 6 nitrogen and oxygen atoms in total. The number of aromatic nitrogens is 1. The number of hydrogen-bond acceptors (Lipinski definition) is 4. The van der Waals surface area contributed by atoms with Crippen molar-refractivity contribution in [1.29, 1.82) is 0 Å². The smallest absolute Gasteiger partial charge is 0.308 e. The van der Waals surface area contributed by atoms with Gasteiger partial charge in [0.2, 0.25) is 5.76 Å². The molecule has 16 heavy (non-hydrogen) atoms. The van der Waals surface area contributed by atoms with E-state index in [1.54, 1.807) is 13.8 Å². The summed E-state index contributed by atoms with van der Waals surface area (Å²) in [5, 5.41) is 14.8. The molecule has 0 aromatic carbocycles.